The summed E-state index contributed by atoms with van der Waals surface area (Å²) in [5.74, 6) is 0.634. The number of nitrogens with zero attached hydrogens (tertiary/aromatic N) is 3. The number of nitrogens with one attached hydrogen (secondary N) is 1. The molecule has 0 aliphatic rings. The van der Waals surface area contributed by atoms with Gasteiger partial charge in [-0.1, -0.05) is 17.7 Å². The number of hydrogen-bond acceptors (Lipinski definition) is 7. The van der Waals surface area contributed by atoms with Crippen LogP contribution in [0.15, 0.2) is 30.0 Å². The molecule has 7 nitrogen and oxygen atoms in total. The third-order valence-corrected chi connectivity index (χ3v) is 2.57. The molecule has 0 atom stereocenters. The minimum Gasteiger partial charge on any atom is -0.510 e. The number of anilines is 3. The summed E-state index contributed by atoms with van der Waals surface area (Å²) in [5, 5.41) is 12.6. The molecule has 0 unspecified atom stereocenters. The van der Waals surface area contributed by atoms with Crippen LogP contribution in [0, 0.1) is 6.92 Å². The van der Waals surface area contributed by atoms with Crippen LogP contribution in [0.25, 0.3) is 6.08 Å². The molecule has 0 aliphatic heterocycles. The highest BCUT2D eigenvalue weighted by molar-refractivity contribution is 5.56. The van der Waals surface area contributed by atoms with Crippen molar-refractivity contribution >= 4 is 23.7 Å². The Morgan fingerprint density at radius 1 is 1.29 bits per heavy atom. The molecule has 21 heavy (non-hydrogen) atoms. The van der Waals surface area contributed by atoms with Crippen LogP contribution < -0.4 is 11.1 Å². The monoisotopic (exact) mass is 287 g/mol. The lowest BCUT2D eigenvalue weighted by Crippen LogP contribution is -2.05. The summed E-state index contributed by atoms with van der Waals surface area (Å²) < 4.78 is 4.81. The van der Waals surface area contributed by atoms with Gasteiger partial charge in [-0.05, 0) is 19.1 Å². The van der Waals surface area contributed by atoms with Crippen molar-refractivity contribution in [2.24, 2.45) is 0 Å². The van der Waals surface area contributed by atoms with Gasteiger partial charge in [0, 0.05) is 18.9 Å². The molecule has 0 aliphatic carbocycles. The molecule has 2 rings (SSSR count). The molecular weight excluding hydrogens is 270 g/mol. The topological polar surface area (TPSA) is 106 Å². The number of nitrogens with two attached hydrogens (primary N) is 1. The number of rotatable bonds is 5. The van der Waals surface area contributed by atoms with E-state index in [1.165, 1.54) is 13.2 Å². The van der Waals surface area contributed by atoms with Crippen LogP contribution in [-0.4, -0.2) is 33.8 Å². The van der Waals surface area contributed by atoms with Crippen LogP contribution in [0.1, 0.15) is 11.4 Å². The fourth-order valence-corrected chi connectivity index (χ4v) is 1.63. The summed E-state index contributed by atoms with van der Waals surface area (Å²) in [6.45, 7) is 2.08. The van der Waals surface area contributed by atoms with Gasteiger partial charge in [0.15, 0.2) is 5.82 Å². The number of benzene rings is 1. The number of nitrogen functional groups attached to an aromatic ring is 1. The largest absolute Gasteiger partial charge is 0.510 e. The van der Waals surface area contributed by atoms with Crippen molar-refractivity contribution in [2.75, 3.05) is 24.8 Å². The molecule has 0 radical (unpaired) electrons. The second-order valence-corrected chi connectivity index (χ2v) is 4.44. The molecule has 7 heteroatoms. The van der Waals surface area contributed by atoms with Crippen molar-refractivity contribution in [3.63, 3.8) is 0 Å². The quantitative estimate of drug-likeness (QED) is 0.722. The van der Waals surface area contributed by atoms with Crippen LogP contribution >= 0.6 is 0 Å². The van der Waals surface area contributed by atoms with Crippen molar-refractivity contribution in [3.8, 4) is 0 Å². The molecule has 110 valence electrons. The van der Waals surface area contributed by atoms with Gasteiger partial charge in [0.25, 0.3) is 0 Å². The Morgan fingerprint density at radius 3 is 2.67 bits per heavy atom. The Kier molecular flexibility index (Phi) is 4.68. The lowest BCUT2D eigenvalue weighted by Gasteiger charge is -2.06. The zero-order valence-corrected chi connectivity index (χ0v) is 11.9. The molecule has 1 aromatic carbocycles. The fourth-order valence-electron chi connectivity index (χ4n) is 1.63. The van der Waals surface area contributed by atoms with Gasteiger partial charge in [-0.25, -0.2) is 0 Å². The van der Waals surface area contributed by atoms with Crippen molar-refractivity contribution in [1.82, 2.24) is 15.0 Å². The number of aliphatic hydroxyl groups excluding tert-OH is 1. The van der Waals surface area contributed by atoms with Gasteiger partial charge in [0.1, 0.15) is 12.4 Å². The van der Waals surface area contributed by atoms with E-state index in [9.17, 15) is 5.11 Å². The normalized spacial score (nSPS) is 11.4. The molecule has 0 saturated heterocycles. The van der Waals surface area contributed by atoms with Crippen LogP contribution in [0.2, 0.25) is 0 Å². The molecule has 4 N–H and O–H groups in total. The molecule has 0 saturated carbocycles. The van der Waals surface area contributed by atoms with Gasteiger partial charge >= 0.3 is 0 Å². The smallest absolute Gasteiger partial charge is 0.232 e. The highest BCUT2D eigenvalue weighted by Gasteiger charge is 2.04. The Balaban J connectivity index is 2.22. The van der Waals surface area contributed by atoms with Crippen molar-refractivity contribution in [2.45, 2.75) is 6.92 Å². The summed E-state index contributed by atoms with van der Waals surface area (Å²) >= 11 is 0. The number of hydrogen-bond donors (Lipinski definition) is 3. The number of aliphatic hydroxyl groups is 1. The van der Waals surface area contributed by atoms with Gasteiger partial charge in [0.2, 0.25) is 11.9 Å². The summed E-state index contributed by atoms with van der Waals surface area (Å²) in [7, 11) is 1.48. The summed E-state index contributed by atoms with van der Waals surface area (Å²) in [5.41, 5.74) is 7.63. The van der Waals surface area contributed by atoms with E-state index in [2.05, 4.69) is 20.3 Å². The molecule has 0 bridgehead atoms. The third kappa shape index (κ3) is 4.43. The average molecular weight is 287 g/mol. The van der Waals surface area contributed by atoms with Crippen LogP contribution in [0.5, 0.6) is 0 Å². The van der Waals surface area contributed by atoms with E-state index in [4.69, 9.17) is 10.5 Å². The molecule has 0 amide bonds. The minimum absolute atomic E-state index is 0.00406. The number of methoxy groups -OCH3 is 1. The van der Waals surface area contributed by atoms with Gasteiger partial charge in [-0.2, -0.15) is 15.0 Å². The maximum absolute atomic E-state index is 9.58. The Bertz CT molecular complexity index is 640. The standard InChI is InChI=1S/C14H17N5O2/c1-9-3-5-10(6-4-9)16-14-18-12(17-13(15)19-14)7-11(20)8-21-2/h3-7,20H,8H2,1-2H3,(H3,15,16,17,18,19)/b11-7-. The van der Waals surface area contributed by atoms with Gasteiger partial charge in [-0.15, -0.1) is 0 Å². The van der Waals surface area contributed by atoms with Crippen LogP contribution in [0.4, 0.5) is 17.6 Å². The molecular formula is C14H17N5O2. The first-order chi connectivity index (χ1) is 10.1. The number of ether oxygens (including phenoxy) is 1. The number of aromatic nitrogens is 3. The first-order valence-corrected chi connectivity index (χ1v) is 6.30. The Morgan fingerprint density at radius 2 is 2.00 bits per heavy atom. The zero-order chi connectivity index (χ0) is 15.2. The molecule has 1 heterocycles. The highest BCUT2D eigenvalue weighted by Crippen LogP contribution is 2.14. The van der Waals surface area contributed by atoms with Crippen molar-refractivity contribution in [1.29, 1.82) is 0 Å². The predicted molar refractivity (Wildman–Crippen MR) is 81.2 cm³/mol. The fraction of sp³-hybridized carbons (Fsp3) is 0.214. The minimum atomic E-state index is 0.00406. The second-order valence-electron chi connectivity index (χ2n) is 4.44. The zero-order valence-electron chi connectivity index (χ0n) is 11.9. The third-order valence-electron chi connectivity index (χ3n) is 2.57. The van der Waals surface area contributed by atoms with Gasteiger partial charge in [0.05, 0.1) is 0 Å². The molecule has 0 fully saturated rings. The van der Waals surface area contributed by atoms with E-state index in [1.54, 1.807) is 0 Å². The SMILES string of the molecule is COC/C(O)=C/c1nc(N)nc(Nc2ccc(C)cc2)n1. The predicted octanol–water partition coefficient (Wildman–Crippen LogP) is 2.05. The first kappa shape index (κ1) is 14.7. The Hall–Kier alpha value is -2.67. The average Bonchev–Trinajstić information content (AvgIpc) is 2.41. The van der Waals surface area contributed by atoms with E-state index in [1.807, 2.05) is 31.2 Å². The summed E-state index contributed by atoms with van der Waals surface area (Å²) in [4.78, 5) is 12.1. The Labute approximate surface area is 122 Å². The van der Waals surface area contributed by atoms with Crippen molar-refractivity contribution in [3.05, 3.63) is 41.4 Å². The van der Waals surface area contributed by atoms with E-state index in [0.717, 1.165) is 11.3 Å². The lowest BCUT2D eigenvalue weighted by molar-refractivity contribution is 0.185. The lowest BCUT2D eigenvalue weighted by atomic mass is 10.2. The van der Waals surface area contributed by atoms with E-state index >= 15 is 0 Å². The van der Waals surface area contributed by atoms with E-state index in [-0.39, 0.29) is 24.1 Å². The number of aryl methyl sites for hydroxylation is 1. The summed E-state index contributed by atoms with van der Waals surface area (Å²) in [6, 6.07) is 7.76. The molecule has 0 spiro atoms. The van der Waals surface area contributed by atoms with Crippen LogP contribution in [0.3, 0.4) is 0 Å². The maximum Gasteiger partial charge on any atom is 0.232 e. The van der Waals surface area contributed by atoms with Crippen LogP contribution in [-0.2, 0) is 4.74 Å². The second kappa shape index (κ2) is 6.67. The van der Waals surface area contributed by atoms with E-state index in [0.29, 0.717) is 5.95 Å². The maximum atomic E-state index is 9.58. The van der Waals surface area contributed by atoms with E-state index < -0.39 is 0 Å². The molecule has 1 aromatic heterocycles. The highest BCUT2D eigenvalue weighted by atomic mass is 16.5. The summed E-state index contributed by atoms with van der Waals surface area (Å²) in [6.07, 6.45) is 1.38. The van der Waals surface area contributed by atoms with Crippen molar-refractivity contribution < 1.29 is 9.84 Å². The van der Waals surface area contributed by atoms with Gasteiger partial charge in [-0.3, -0.25) is 0 Å². The molecule has 2 aromatic rings. The first-order valence-electron chi connectivity index (χ1n) is 6.30. The van der Waals surface area contributed by atoms with Gasteiger partial charge < -0.3 is 20.9 Å².